The van der Waals surface area contributed by atoms with Gasteiger partial charge in [-0.05, 0) is 54.8 Å². The van der Waals surface area contributed by atoms with Crippen LogP contribution in [-0.4, -0.2) is 63.1 Å². The number of ether oxygens (including phenoxy) is 3. The summed E-state index contributed by atoms with van der Waals surface area (Å²) >= 11 is 0. The molecule has 1 aliphatic rings. The number of carbonyl (C=O) groups is 1. The topological polar surface area (TPSA) is 126 Å². The zero-order valence-corrected chi connectivity index (χ0v) is 26.8. The van der Waals surface area contributed by atoms with Crippen LogP contribution in [0.3, 0.4) is 0 Å². The van der Waals surface area contributed by atoms with Crippen molar-refractivity contribution in [3.63, 3.8) is 0 Å². The smallest absolute Gasteiger partial charge is 0.203 e. The summed E-state index contributed by atoms with van der Waals surface area (Å²) in [6, 6.07) is 11.3. The Morgan fingerprint density at radius 2 is 1.73 bits per heavy atom. The number of carbonyl (C=O) groups excluding carboxylic acids is 1. The van der Waals surface area contributed by atoms with Gasteiger partial charge in [-0.1, -0.05) is 17.3 Å². The highest BCUT2D eigenvalue weighted by atomic mass is 32.2. The van der Waals surface area contributed by atoms with Gasteiger partial charge in [-0.15, -0.1) is 0 Å². The van der Waals surface area contributed by atoms with E-state index in [9.17, 15) is 26.4 Å². The molecule has 0 spiro atoms. The van der Waals surface area contributed by atoms with Crippen molar-refractivity contribution in [1.29, 1.82) is 0 Å². The van der Waals surface area contributed by atoms with E-state index in [0.29, 0.717) is 55.3 Å². The standard InChI is InChI=1S/C33H31F3N4O7S/c1-44-27-5-3-4-6-30(27)48(42,43)19-25-31-28(45-2)13-20(14-29(31)47-38-25)16-40-17-22(15-37-40)39-11-9-21(10-12-39)26(41)18-46-33-24(35)8-7-23(34)32(33)36/h3-8,13-15,17,21H,9-12,16,18-19H2,1-2H3. The molecule has 1 aliphatic heterocycles. The lowest BCUT2D eigenvalue weighted by Gasteiger charge is -2.31. The number of anilines is 1. The van der Waals surface area contributed by atoms with Gasteiger partial charge in [0.25, 0.3) is 0 Å². The van der Waals surface area contributed by atoms with E-state index in [4.69, 9.17) is 18.7 Å². The predicted octanol–water partition coefficient (Wildman–Crippen LogP) is 5.35. The summed E-state index contributed by atoms with van der Waals surface area (Å²) in [5, 5.41) is 8.98. The van der Waals surface area contributed by atoms with E-state index < -0.39 is 45.4 Å². The van der Waals surface area contributed by atoms with Gasteiger partial charge in [-0.2, -0.15) is 9.49 Å². The lowest BCUT2D eigenvalue weighted by Crippen LogP contribution is -2.37. The Hall–Kier alpha value is -5.05. The van der Waals surface area contributed by atoms with Gasteiger partial charge in [0.2, 0.25) is 5.82 Å². The number of nitrogens with zero attached hydrogens (tertiary/aromatic N) is 4. The number of benzene rings is 3. The van der Waals surface area contributed by atoms with Gasteiger partial charge >= 0.3 is 0 Å². The number of ketones is 1. The second-order valence-electron chi connectivity index (χ2n) is 11.3. The first-order valence-electron chi connectivity index (χ1n) is 14.9. The lowest BCUT2D eigenvalue weighted by molar-refractivity contribution is -0.125. The van der Waals surface area contributed by atoms with E-state index in [1.165, 1.54) is 20.3 Å². The molecular formula is C33H31F3N4O7S. The summed E-state index contributed by atoms with van der Waals surface area (Å²) in [5.74, 6) is -5.16. The number of rotatable bonds is 12. The first kappa shape index (κ1) is 32.9. The fraction of sp³-hybridized carbons (Fsp3) is 0.303. The van der Waals surface area contributed by atoms with Crippen molar-refractivity contribution in [2.45, 2.75) is 30.0 Å². The van der Waals surface area contributed by atoms with E-state index in [0.717, 1.165) is 17.3 Å². The maximum Gasteiger partial charge on any atom is 0.203 e. The largest absolute Gasteiger partial charge is 0.496 e. The SMILES string of the molecule is COc1ccccc1S(=O)(=O)Cc1noc2cc(Cn3cc(N4CCC(C(=O)COc5c(F)ccc(F)c5F)CC4)cn3)cc(OC)c12. The van der Waals surface area contributed by atoms with Crippen LogP contribution in [0, 0.1) is 23.4 Å². The number of methoxy groups -OCH3 is 2. The van der Waals surface area contributed by atoms with Crippen LogP contribution in [0.1, 0.15) is 24.1 Å². The number of hydrogen-bond donors (Lipinski definition) is 0. The second-order valence-corrected chi connectivity index (χ2v) is 13.3. The first-order chi connectivity index (χ1) is 23.1. The third-order valence-corrected chi connectivity index (χ3v) is 9.92. The lowest BCUT2D eigenvalue weighted by atomic mass is 9.92. The van der Waals surface area contributed by atoms with Gasteiger partial charge in [-0.25, -0.2) is 17.2 Å². The Labute approximate surface area is 273 Å². The molecule has 0 radical (unpaired) electrons. The summed E-state index contributed by atoms with van der Waals surface area (Å²) < 4.78 is 90.8. The Balaban J connectivity index is 1.09. The fourth-order valence-corrected chi connectivity index (χ4v) is 7.24. The van der Waals surface area contributed by atoms with E-state index in [1.807, 2.05) is 6.20 Å². The number of halogens is 3. The second kappa shape index (κ2) is 13.6. The minimum Gasteiger partial charge on any atom is -0.496 e. The molecule has 0 unspecified atom stereocenters. The third kappa shape index (κ3) is 6.68. The maximum absolute atomic E-state index is 13.9. The molecule has 0 N–H and O–H groups in total. The van der Waals surface area contributed by atoms with Crippen LogP contribution >= 0.6 is 0 Å². The van der Waals surface area contributed by atoms with Gasteiger partial charge in [0.1, 0.15) is 34.4 Å². The van der Waals surface area contributed by atoms with Gasteiger partial charge in [0, 0.05) is 25.2 Å². The van der Waals surface area contributed by atoms with Crippen molar-refractivity contribution in [2.24, 2.45) is 5.92 Å². The average molecular weight is 685 g/mol. The predicted molar refractivity (Wildman–Crippen MR) is 168 cm³/mol. The third-order valence-electron chi connectivity index (χ3n) is 8.26. The van der Waals surface area contributed by atoms with Gasteiger partial charge < -0.3 is 23.6 Å². The molecule has 0 aliphatic carbocycles. The highest BCUT2D eigenvalue weighted by Crippen LogP contribution is 2.34. The molecule has 2 aromatic heterocycles. The van der Waals surface area contributed by atoms with Crippen molar-refractivity contribution < 1.29 is 45.1 Å². The number of para-hydroxylation sites is 1. The van der Waals surface area contributed by atoms with Crippen LogP contribution in [-0.2, 0) is 26.9 Å². The normalized spacial score (nSPS) is 14.0. The molecule has 252 valence electrons. The number of hydrogen-bond acceptors (Lipinski definition) is 10. The summed E-state index contributed by atoms with van der Waals surface area (Å²) in [6.45, 7) is 0.881. The van der Waals surface area contributed by atoms with Crippen molar-refractivity contribution in [1.82, 2.24) is 14.9 Å². The molecule has 15 heteroatoms. The summed E-state index contributed by atoms with van der Waals surface area (Å²) in [6.07, 6.45) is 4.57. The van der Waals surface area contributed by atoms with Crippen LogP contribution in [0.2, 0.25) is 0 Å². The number of Topliss-reactive ketones (excluding diaryl/α,β-unsaturated/α-hetero) is 1. The Morgan fingerprint density at radius 3 is 2.48 bits per heavy atom. The Bertz CT molecular complexity index is 2070. The molecule has 5 aromatic rings. The van der Waals surface area contributed by atoms with Crippen molar-refractivity contribution in [3.8, 4) is 17.2 Å². The van der Waals surface area contributed by atoms with Crippen LogP contribution in [0.5, 0.6) is 17.2 Å². The fourth-order valence-electron chi connectivity index (χ4n) is 5.79. The van der Waals surface area contributed by atoms with Crippen LogP contribution < -0.4 is 19.1 Å². The van der Waals surface area contributed by atoms with Crippen LogP contribution in [0.15, 0.2) is 70.3 Å². The molecule has 48 heavy (non-hydrogen) atoms. The van der Waals surface area contributed by atoms with Crippen molar-refractivity contribution in [3.05, 3.63) is 89.6 Å². The minimum absolute atomic E-state index is 0.0489. The molecule has 0 atom stereocenters. The zero-order valence-electron chi connectivity index (χ0n) is 26.0. The molecule has 0 bridgehead atoms. The molecule has 0 amide bonds. The summed E-state index contributed by atoms with van der Waals surface area (Å²) in [7, 11) is -0.936. The van der Waals surface area contributed by atoms with E-state index in [-0.39, 0.29) is 28.0 Å². The molecular weight excluding hydrogens is 653 g/mol. The van der Waals surface area contributed by atoms with E-state index in [2.05, 4.69) is 15.2 Å². The number of fused-ring (bicyclic) bond motifs is 1. The minimum atomic E-state index is -3.82. The quantitative estimate of drug-likeness (QED) is 0.159. The monoisotopic (exact) mass is 684 g/mol. The highest BCUT2D eigenvalue weighted by molar-refractivity contribution is 7.90. The van der Waals surface area contributed by atoms with E-state index >= 15 is 0 Å². The number of sulfone groups is 1. The molecule has 1 fully saturated rings. The van der Waals surface area contributed by atoms with Gasteiger partial charge in [0.15, 0.2) is 38.6 Å². The van der Waals surface area contributed by atoms with Crippen LogP contribution in [0.4, 0.5) is 18.9 Å². The Kier molecular flexibility index (Phi) is 9.31. The van der Waals surface area contributed by atoms with Gasteiger partial charge in [-0.3, -0.25) is 9.48 Å². The number of piperidine rings is 1. The molecule has 11 nitrogen and oxygen atoms in total. The summed E-state index contributed by atoms with van der Waals surface area (Å²) in [4.78, 5) is 14.8. The van der Waals surface area contributed by atoms with Crippen molar-refractivity contribution in [2.75, 3.05) is 38.8 Å². The molecule has 1 saturated heterocycles. The number of aromatic nitrogens is 3. The van der Waals surface area contributed by atoms with Gasteiger partial charge in [0.05, 0.1) is 38.0 Å². The molecule has 3 aromatic carbocycles. The van der Waals surface area contributed by atoms with Crippen LogP contribution in [0.25, 0.3) is 11.0 Å². The molecule has 0 saturated carbocycles. The Morgan fingerprint density at radius 1 is 1.00 bits per heavy atom. The maximum atomic E-state index is 13.9. The molecule has 6 rings (SSSR count). The highest BCUT2D eigenvalue weighted by Gasteiger charge is 2.28. The average Bonchev–Trinajstić information content (AvgIpc) is 3.73. The van der Waals surface area contributed by atoms with Crippen molar-refractivity contribution >= 4 is 32.3 Å². The first-order valence-corrected chi connectivity index (χ1v) is 16.6. The zero-order chi connectivity index (χ0) is 34.0. The summed E-state index contributed by atoms with van der Waals surface area (Å²) in [5.41, 5.74) is 2.19. The molecule has 3 heterocycles. The van der Waals surface area contributed by atoms with E-state index in [1.54, 1.807) is 41.2 Å².